The van der Waals surface area contributed by atoms with Crippen molar-refractivity contribution < 1.29 is 5.11 Å². The largest absolute Gasteiger partial charge is 0.392 e. The van der Waals surface area contributed by atoms with Crippen LogP contribution in [0.25, 0.3) is 22.2 Å². The van der Waals surface area contributed by atoms with Gasteiger partial charge in [-0.2, -0.15) is 0 Å². The minimum absolute atomic E-state index is 0.101. The second-order valence-corrected chi connectivity index (χ2v) is 5.26. The molecule has 0 spiro atoms. The molecule has 0 saturated heterocycles. The highest BCUT2D eigenvalue weighted by Crippen LogP contribution is 2.32. The number of aliphatic hydroxyl groups excluding tert-OH is 1. The Kier molecular flexibility index (Phi) is 3.62. The summed E-state index contributed by atoms with van der Waals surface area (Å²) in [4.78, 5) is 4.60. The number of benzene rings is 2. The second-order valence-electron chi connectivity index (χ2n) is 4.45. The van der Waals surface area contributed by atoms with Crippen LogP contribution in [0.4, 0.5) is 0 Å². The average molecular weight is 304 g/mol. The Morgan fingerprint density at radius 2 is 1.70 bits per heavy atom. The summed E-state index contributed by atoms with van der Waals surface area (Å²) in [6.45, 7) is -0.101. The van der Waals surface area contributed by atoms with Gasteiger partial charge in [0.15, 0.2) is 0 Å². The van der Waals surface area contributed by atoms with Gasteiger partial charge in [-0.25, -0.2) is 4.98 Å². The van der Waals surface area contributed by atoms with E-state index in [1.54, 1.807) is 12.1 Å². The molecular formula is C16H11Cl2NO. The quantitative estimate of drug-likeness (QED) is 0.744. The van der Waals surface area contributed by atoms with Crippen LogP contribution < -0.4 is 0 Å². The molecule has 0 aliphatic heterocycles. The third-order valence-electron chi connectivity index (χ3n) is 3.17. The van der Waals surface area contributed by atoms with E-state index in [0.29, 0.717) is 21.3 Å². The van der Waals surface area contributed by atoms with Gasteiger partial charge in [-0.15, -0.1) is 0 Å². The van der Waals surface area contributed by atoms with Crippen molar-refractivity contribution in [3.05, 3.63) is 64.1 Å². The minimum Gasteiger partial charge on any atom is -0.392 e. The maximum absolute atomic E-state index is 9.58. The Morgan fingerprint density at radius 3 is 2.45 bits per heavy atom. The molecule has 0 saturated carbocycles. The average Bonchev–Trinajstić information content (AvgIpc) is 2.47. The molecule has 0 aliphatic carbocycles. The van der Waals surface area contributed by atoms with E-state index in [1.165, 1.54) is 0 Å². The van der Waals surface area contributed by atoms with Gasteiger partial charge in [0, 0.05) is 21.5 Å². The van der Waals surface area contributed by atoms with Crippen LogP contribution in [-0.4, -0.2) is 10.1 Å². The van der Waals surface area contributed by atoms with Crippen molar-refractivity contribution in [3.8, 4) is 11.3 Å². The van der Waals surface area contributed by atoms with Gasteiger partial charge in [0.05, 0.1) is 22.8 Å². The van der Waals surface area contributed by atoms with Crippen molar-refractivity contribution in [3.63, 3.8) is 0 Å². The summed E-state index contributed by atoms with van der Waals surface area (Å²) in [7, 11) is 0. The zero-order valence-corrected chi connectivity index (χ0v) is 12.0. The summed E-state index contributed by atoms with van der Waals surface area (Å²) in [6, 6.07) is 14.9. The Labute approximate surface area is 126 Å². The van der Waals surface area contributed by atoms with Gasteiger partial charge in [0.25, 0.3) is 0 Å². The van der Waals surface area contributed by atoms with E-state index in [4.69, 9.17) is 23.2 Å². The van der Waals surface area contributed by atoms with Crippen molar-refractivity contribution in [2.24, 2.45) is 0 Å². The van der Waals surface area contributed by atoms with Gasteiger partial charge in [-0.05, 0) is 18.2 Å². The molecule has 1 N–H and O–H groups in total. The lowest BCUT2D eigenvalue weighted by Gasteiger charge is -2.11. The third-order valence-corrected chi connectivity index (χ3v) is 3.81. The standard InChI is InChI=1S/C16H11Cl2NO/c17-13-6-2-1-5-12(13)15-11(9-20)8-10-4-3-7-14(18)16(10)19-15/h1-8,20H,9H2. The number of halogens is 2. The first kappa shape index (κ1) is 13.4. The summed E-state index contributed by atoms with van der Waals surface area (Å²) in [5, 5.41) is 11.7. The van der Waals surface area contributed by atoms with E-state index in [2.05, 4.69) is 4.98 Å². The van der Waals surface area contributed by atoms with Crippen molar-refractivity contribution in [1.29, 1.82) is 0 Å². The fraction of sp³-hybridized carbons (Fsp3) is 0.0625. The van der Waals surface area contributed by atoms with Crippen LogP contribution in [-0.2, 0) is 6.61 Å². The van der Waals surface area contributed by atoms with Gasteiger partial charge < -0.3 is 5.11 Å². The smallest absolute Gasteiger partial charge is 0.0895 e. The zero-order valence-electron chi connectivity index (χ0n) is 10.5. The lowest BCUT2D eigenvalue weighted by Crippen LogP contribution is -1.95. The second kappa shape index (κ2) is 5.41. The molecule has 0 atom stereocenters. The number of aliphatic hydroxyl groups is 1. The molecule has 4 heteroatoms. The predicted octanol–water partition coefficient (Wildman–Crippen LogP) is 4.70. The Morgan fingerprint density at radius 1 is 0.950 bits per heavy atom. The van der Waals surface area contributed by atoms with Crippen LogP contribution in [0.2, 0.25) is 10.0 Å². The first-order valence-corrected chi connectivity index (χ1v) is 6.90. The number of fused-ring (bicyclic) bond motifs is 1. The fourth-order valence-electron chi connectivity index (χ4n) is 2.21. The van der Waals surface area contributed by atoms with Crippen molar-refractivity contribution in [1.82, 2.24) is 4.98 Å². The van der Waals surface area contributed by atoms with E-state index in [-0.39, 0.29) is 6.61 Å². The number of nitrogens with zero attached hydrogens (tertiary/aromatic N) is 1. The van der Waals surface area contributed by atoms with Crippen molar-refractivity contribution in [2.45, 2.75) is 6.61 Å². The van der Waals surface area contributed by atoms with Crippen molar-refractivity contribution >= 4 is 34.1 Å². The highest BCUT2D eigenvalue weighted by Gasteiger charge is 2.12. The molecule has 2 aromatic carbocycles. The summed E-state index contributed by atoms with van der Waals surface area (Å²) in [5.41, 5.74) is 2.90. The third kappa shape index (κ3) is 2.27. The van der Waals surface area contributed by atoms with Crippen LogP contribution in [0.5, 0.6) is 0 Å². The maximum atomic E-state index is 9.58. The summed E-state index contributed by atoms with van der Waals surface area (Å²) >= 11 is 12.4. The molecule has 0 bridgehead atoms. The molecule has 0 fully saturated rings. The summed E-state index contributed by atoms with van der Waals surface area (Å²) in [6.07, 6.45) is 0. The molecule has 1 aromatic heterocycles. The van der Waals surface area contributed by atoms with Gasteiger partial charge in [-0.3, -0.25) is 0 Å². The van der Waals surface area contributed by atoms with E-state index < -0.39 is 0 Å². The topological polar surface area (TPSA) is 33.1 Å². The predicted molar refractivity (Wildman–Crippen MR) is 83.1 cm³/mol. The van der Waals surface area contributed by atoms with E-state index in [0.717, 1.165) is 16.5 Å². The lowest BCUT2D eigenvalue weighted by molar-refractivity contribution is 0.282. The molecule has 1 heterocycles. The SMILES string of the molecule is OCc1cc2cccc(Cl)c2nc1-c1ccccc1Cl. The molecule has 3 aromatic rings. The van der Waals surface area contributed by atoms with Crippen LogP contribution in [0.1, 0.15) is 5.56 Å². The zero-order chi connectivity index (χ0) is 14.1. The van der Waals surface area contributed by atoms with Gasteiger partial charge in [0.2, 0.25) is 0 Å². The fourth-order valence-corrected chi connectivity index (χ4v) is 2.66. The Balaban J connectivity index is 2.34. The number of hydrogen-bond acceptors (Lipinski definition) is 2. The molecular weight excluding hydrogens is 293 g/mol. The van der Waals surface area contributed by atoms with Crippen LogP contribution in [0, 0.1) is 0 Å². The molecule has 0 aliphatic rings. The summed E-state index contributed by atoms with van der Waals surface area (Å²) < 4.78 is 0. The molecule has 3 rings (SSSR count). The normalized spacial score (nSPS) is 10.9. The number of para-hydroxylation sites is 1. The monoisotopic (exact) mass is 303 g/mol. The Bertz CT molecular complexity index is 787. The molecule has 0 unspecified atom stereocenters. The Hall–Kier alpha value is -1.61. The molecule has 0 amide bonds. The van der Waals surface area contributed by atoms with E-state index >= 15 is 0 Å². The molecule has 2 nitrogen and oxygen atoms in total. The number of hydrogen-bond donors (Lipinski definition) is 1. The van der Waals surface area contributed by atoms with Crippen LogP contribution >= 0.6 is 23.2 Å². The van der Waals surface area contributed by atoms with E-state index in [9.17, 15) is 5.11 Å². The number of pyridine rings is 1. The lowest BCUT2D eigenvalue weighted by atomic mass is 10.0. The molecule has 20 heavy (non-hydrogen) atoms. The van der Waals surface area contributed by atoms with Crippen LogP contribution in [0.15, 0.2) is 48.5 Å². The summed E-state index contributed by atoms with van der Waals surface area (Å²) in [5.74, 6) is 0. The minimum atomic E-state index is -0.101. The highest BCUT2D eigenvalue weighted by atomic mass is 35.5. The first-order chi connectivity index (χ1) is 9.70. The van der Waals surface area contributed by atoms with Crippen molar-refractivity contribution in [2.75, 3.05) is 0 Å². The molecule has 0 radical (unpaired) electrons. The highest BCUT2D eigenvalue weighted by molar-refractivity contribution is 6.35. The number of aromatic nitrogens is 1. The van der Waals surface area contributed by atoms with Gasteiger partial charge >= 0.3 is 0 Å². The van der Waals surface area contributed by atoms with Gasteiger partial charge in [-0.1, -0.05) is 53.5 Å². The molecule has 100 valence electrons. The number of rotatable bonds is 2. The van der Waals surface area contributed by atoms with Crippen LogP contribution in [0.3, 0.4) is 0 Å². The van der Waals surface area contributed by atoms with E-state index in [1.807, 2.05) is 36.4 Å². The van der Waals surface area contributed by atoms with Gasteiger partial charge in [0.1, 0.15) is 0 Å². The maximum Gasteiger partial charge on any atom is 0.0895 e. The first-order valence-electron chi connectivity index (χ1n) is 6.14.